The van der Waals surface area contributed by atoms with Crippen molar-refractivity contribution in [2.24, 2.45) is 0 Å². The van der Waals surface area contributed by atoms with Gasteiger partial charge >= 0.3 is 0 Å². The molecule has 4 nitrogen and oxygen atoms in total. The second-order valence-electron chi connectivity index (χ2n) is 11.1. The number of allylic oxidation sites excluding steroid dienone is 5. The maximum Gasteiger partial charge on any atom is 0.137 e. The zero-order chi connectivity index (χ0) is 25.5. The van der Waals surface area contributed by atoms with Crippen LogP contribution in [-0.4, -0.2) is 13.1 Å². The predicted octanol–water partition coefficient (Wildman–Crippen LogP) is 7.17. The average Bonchev–Trinajstić information content (AvgIpc) is 2.87. The van der Waals surface area contributed by atoms with Crippen molar-refractivity contribution in [2.45, 2.75) is 51.4 Å². The zero-order valence-electron chi connectivity index (χ0n) is 21.4. The number of benzene rings is 2. The van der Waals surface area contributed by atoms with Crippen molar-refractivity contribution in [1.29, 1.82) is 10.5 Å². The Morgan fingerprint density at radius 3 is 2.08 bits per heavy atom. The molecule has 0 unspecified atom stereocenters. The fourth-order valence-electron chi connectivity index (χ4n) is 5.38. The molecule has 0 bridgehead atoms. The van der Waals surface area contributed by atoms with Gasteiger partial charge in [-0.25, -0.2) is 0 Å². The van der Waals surface area contributed by atoms with Crippen molar-refractivity contribution in [3.8, 4) is 12.1 Å². The third-order valence-electron chi connectivity index (χ3n) is 7.74. The molecule has 5 rings (SSSR count). The number of nitriles is 2. The van der Waals surface area contributed by atoms with E-state index in [1.165, 1.54) is 16.8 Å². The first-order valence-corrected chi connectivity index (χ1v) is 12.5. The van der Waals surface area contributed by atoms with Gasteiger partial charge in [-0.1, -0.05) is 64.1 Å². The molecular formula is C32H31N3O. The normalized spacial score (nSPS) is 19.4. The van der Waals surface area contributed by atoms with Crippen LogP contribution in [0.1, 0.15) is 62.8 Å². The summed E-state index contributed by atoms with van der Waals surface area (Å²) in [4.78, 5) is 2.57. The fourth-order valence-corrected chi connectivity index (χ4v) is 5.38. The molecule has 0 atom stereocenters. The highest BCUT2D eigenvalue weighted by molar-refractivity contribution is 5.73. The summed E-state index contributed by atoms with van der Waals surface area (Å²) in [5.41, 5.74) is 7.16. The number of ether oxygens (including phenoxy) is 1. The Bertz CT molecular complexity index is 1360. The molecule has 0 saturated carbocycles. The Morgan fingerprint density at radius 1 is 0.889 bits per heavy atom. The number of nitrogens with zero attached hydrogens (tertiary/aromatic N) is 3. The van der Waals surface area contributed by atoms with Gasteiger partial charge in [0.25, 0.3) is 0 Å². The van der Waals surface area contributed by atoms with Gasteiger partial charge in [0.1, 0.15) is 29.2 Å². The first kappa shape index (κ1) is 23.7. The highest BCUT2D eigenvalue weighted by Crippen LogP contribution is 2.49. The third kappa shape index (κ3) is 4.25. The molecule has 0 radical (unpaired) electrons. The standard InChI is InChI=1S/C32H31N3O/c1-31(2)12-14-35-15-13-32(3,4)28-17-22(16-27(31)30(28)35)10-11-26-18-24(25(20-33)21-34)19-29(36-26)23-8-6-5-7-9-23/h5-11,16-19H,12-15H2,1-4H3. The first-order valence-electron chi connectivity index (χ1n) is 12.5. The molecule has 36 heavy (non-hydrogen) atoms. The Labute approximate surface area is 214 Å². The van der Waals surface area contributed by atoms with Gasteiger partial charge in [-0.3, -0.25) is 0 Å². The highest BCUT2D eigenvalue weighted by Gasteiger charge is 2.39. The topological polar surface area (TPSA) is 60.0 Å². The van der Waals surface area contributed by atoms with Crippen molar-refractivity contribution >= 4 is 17.5 Å². The summed E-state index contributed by atoms with van der Waals surface area (Å²) in [5.74, 6) is 1.22. The van der Waals surface area contributed by atoms with Crippen LogP contribution < -0.4 is 4.90 Å². The predicted molar refractivity (Wildman–Crippen MR) is 145 cm³/mol. The van der Waals surface area contributed by atoms with Gasteiger partial charge in [-0.15, -0.1) is 0 Å². The van der Waals surface area contributed by atoms with Gasteiger partial charge in [-0.2, -0.15) is 10.5 Å². The summed E-state index contributed by atoms with van der Waals surface area (Å²) < 4.78 is 6.22. The maximum absolute atomic E-state index is 9.47. The van der Waals surface area contributed by atoms with Gasteiger partial charge < -0.3 is 9.64 Å². The molecule has 180 valence electrons. The van der Waals surface area contributed by atoms with E-state index >= 15 is 0 Å². The molecule has 0 aliphatic carbocycles. The van der Waals surface area contributed by atoms with Crippen molar-refractivity contribution in [3.63, 3.8) is 0 Å². The summed E-state index contributed by atoms with van der Waals surface area (Å²) in [6.07, 6.45) is 9.85. The van der Waals surface area contributed by atoms with E-state index in [4.69, 9.17) is 4.74 Å². The third-order valence-corrected chi connectivity index (χ3v) is 7.74. The SMILES string of the molecule is CC1(C)CCN2CCC(C)(C)c3cc(C=CC4=CC(=C(C#N)C#N)C=C(c5ccccc5)O4)cc1c32. The maximum atomic E-state index is 9.47. The van der Waals surface area contributed by atoms with Crippen LogP contribution in [0.25, 0.3) is 11.8 Å². The second kappa shape index (κ2) is 8.89. The number of hydrogen-bond donors (Lipinski definition) is 0. The largest absolute Gasteiger partial charge is 0.457 e. The summed E-state index contributed by atoms with van der Waals surface area (Å²) in [5, 5.41) is 18.9. The molecule has 3 aliphatic heterocycles. The summed E-state index contributed by atoms with van der Waals surface area (Å²) in [7, 11) is 0. The Hall–Kier alpha value is -4.02. The van der Waals surface area contributed by atoms with Crippen molar-refractivity contribution in [3.05, 3.63) is 99.9 Å². The van der Waals surface area contributed by atoms with E-state index in [1.54, 1.807) is 12.2 Å². The van der Waals surface area contributed by atoms with Crippen LogP contribution in [-0.2, 0) is 15.6 Å². The van der Waals surface area contributed by atoms with Gasteiger partial charge in [-0.05, 0) is 70.7 Å². The van der Waals surface area contributed by atoms with E-state index in [1.807, 2.05) is 48.5 Å². The van der Waals surface area contributed by atoms with Gasteiger partial charge in [0, 0.05) is 29.9 Å². The Morgan fingerprint density at radius 2 is 1.50 bits per heavy atom. The minimum absolute atomic E-state index is 0.0689. The fraction of sp³-hybridized carbons (Fsp3) is 0.312. The smallest absolute Gasteiger partial charge is 0.137 e. The van der Waals surface area contributed by atoms with Gasteiger partial charge in [0.05, 0.1) is 0 Å². The molecule has 0 spiro atoms. The quantitative estimate of drug-likeness (QED) is 0.444. The van der Waals surface area contributed by atoms with Gasteiger partial charge in [0.15, 0.2) is 0 Å². The molecule has 0 aromatic heterocycles. The lowest BCUT2D eigenvalue weighted by Gasteiger charge is -2.48. The van der Waals surface area contributed by atoms with Crippen molar-refractivity contribution < 1.29 is 4.74 Å². The lowest BCUT2D eigenvalue weighted by atomic mass is 9.69. The molecule has 3 heterocycles. The Kier molecular flexibility index (Phi) is 5.85. The molecule has 2 aromatic carbocycles. The van der Waals surface area contributed by atoms with Crippen LogP contribution >= 0.6 is 0 Å². The van der Waals surface area contributed by atoms with Crippen molar-refractivity contribution in [1.82, 2.24) is 0 Å². The second-order valence-corrected chi connectivity index (χ2v) is 11.1. The molecule has 4 heteroatoms. The lowest BCUT2D eigenvalue weighted by Crippen LogP contribution is -2.44. The molecule has 3 aliphatic rings. The molecule has 0 saturated heterocycles. The average molecular weight is 474 g/mol. The number of hydrogen-bond acceptors (Lipinski definition) is 4. The monoisotopic (exact) mass is 473 g/mol. The van der Waals surface area contributed by atoms with E-state index < -0.39 is 0 Å². The minimum atomic E-state index is 0.0689. The molecule has 2 aromatic rings. The summed E-state index contributed by atoms with van der Waals surface area (Å²) in [6, 6.07) is 18.4. The van der Waals surface area contributed by atoms with Crippen LogP contribution in [0.2, 0.25) is 0 Å². The van der Waals surface area contributed by atoms with Crippen LogP contribution in [0.4, 0.5) is 5.69 Å². The molecule has 0 amide bonds. The van der Waals surface area contributed by atoms with Crippen LogP contribution in [0, 0.1) is 22.7 Å². The van der Waals surface area contributed by atoms with E-state index in [2.05, 4.69) is 50.8 Å². The van der Waals surface area contributed by atoms with E-state index in [9.17, 15) is 10.5 Å². The van der Waals surface area contributed by atoms with Crippen LogP contribution in [0.15, 0.2) is 77.6 Å². The highest BCUT2D eigenvalue weighted by atomic mass is 16.5. The molecular weight excluding hydrogens is 442 g/mol. The van der Waals surface area contributed by atoms with Crippen molar-refractivity contribution in [2.75, 3.05) is 18.0 Å². The first-order chi connectivity index (χ1) is 17.2. The summed E-state index contributed by atoms with van der Waals surface area (Å²) in [6.45, 7) is 11.6. The van der Waals surface area contributed by atoms with Crippen LogP contribution in [0.3, 0.4) is 0 Å². The van der Waals surface area contributed by atoms with Gasteiger partial charge in [0.2, 0.25) is 0 Å². The summed E-state index contributed by atoms with van der Waals surface area (Å²) >= 11 is 0. The lowest BCUT2D eigenvalue weighted by molar-refractivity contribution is 0.396. The van der Waals surface area contributed by atoms with Crippen LogP contribution in [0.5, 0.6) is 0 Å². The zero-order valence-corrected chi connectivity index (χ0v) is 21.4. The van der Waals surface area contributed by atoms with E-state index in [0.29, 0.717) is 17.1 Å². The minimum Gasteiger partial charge on any atom is -0.457 e. The van der Waals surface area contributed by atoms with E-state index in [-0.39, 0.29) is 16.4 Å². The Balaban J connectivity index is 1.57. The molecule has 0 N–H and O–H groups in total. The number of anilines is 1. The van der Waals surface area contributed by atoms with E-state index in [0.717, 1.165) is 37.1 Å². The number of rotatable bonds is 3. The molecule has 0 fully saturated rings.